The van der Waals surface area contributed by atoms with Crippen LogP contribution in [0, 0.1) is 13.8 Å². The zero-order chi connectivity index (χ0) is 21.6. The Morgan fingerprint density at radius 2 is 1.79 bits per heavy atom. The molecule has 1 amide bonds. The molecule has 1 aromatic carbocycles. The van der Waals surface area contributed by atoms with E-state index in [0.717, 1.165) is 29.4 Å². The molecule has 2 N–H and O–H groups in total. The summed E-state index contributed by atoms with van der Waals surface area (Å²) in [5.74, 6) is 0.406. The average molecular weight is 401 g/mol. The van der Waals surface area contributed by atoms with E-state index in [9.17, 15) is 9.59 Å². The number of nitrogens with one attached hydrogen (secondary N) is 2. The van der Waals surface area contributed by atoms with Gasteiger partial charge in [-0.1, -0.05) is 0 Å². The molecule has 1 aliphatic heterocycles. The summed E-state index contributed by atoms with van der Waals surface area (Å²) >= 11 is 0. The molecule has 6 heteroatoms. The zero-order valence-electron chi connectivity index (χ0n) is 18.4. The number of carbonyl (C=O) groups excluding carboxylic acids is 1. The van der Waals surface area contributed by atoms with Gasteiger partial charge in [-0.3, -0.25) is 4.79 Å². The summed E-state index contributed by atoms with van der Waals surface area (Å²) < 4.78 is 11.4. The molecule has 1 aliphatic rings. The molecular weight excluding hydrogens is 368 g/mol. The van der Waals surface area contributed by atoms with E-state index in [1.807, 2.05) is 19.9 Å². The minimum Gasteiger partial charge on any atom is -0.480 e. The minimum atomic E-state index is -0.674. The topological polar surface area (TPSA) is 80.6 Å². The van der Waals surface area contributed by atoms with Gasteiger partial charge in [0.15, 0.2) is 6.10 Å². The number of carbonyl (C=O) groups is 1. The van der Waals surface area contributed by atoms with Crippen LogP contribution in [0.25, 0.3) is 11.0 Å². The number of benzene rings is 1. The van der Waals surface area contributed by atoms with Crippen molar-refractivity contribution in [2.24, 2.45) is 0 Å². The van der Waals surface area contributed by atoms with Crippen LogP contribution >= 0.6 is 0 Å². The normalized spacial score (nSPS) is 19.7. The highest BCUT2D eigenvalue weighted by molar-refractivity contribution is 5.88. The van der Waals surface area contributed by atoms with Crippen molar-refractivity contribution >= 4 is 16.9 Å². The van der Waals surface area contributed by atoms with Crippen molar-refractivity contribution in [2.45, 2.75) is 84.5 Å². The van der Waals surface area contributed by atoms with Crippen LogP contribution in [0.1, 0.15) is 58.6 Å². The fourth-order valence-corrected chi connectivity index (χ4v) is 4.66. The molecule has 1 fully saturated rings. The fraction of sp³-hybridized carbons (Fsp3) is 0.565. The van der Waals surface area contributed by atoms with Crippen LogP contribution in [0.15, 0.2) is 27.4 Å². The van der Waals surface area contributed by atoms with Gasteiger partial charge in [0.05, 0.1) is 5.39 Å². The number of hydrogen-bond donors (Lipinski definition) is 2. The van der Waals surface area contributed by atoms with Gasteiger partial charge in [-0.05, 0) is 84.6 Å². The number of fused-ring (bicyclic) bond motifs is 1. The third-order valence-electron chi connectivity index (χ3n) is 5.36. The summed E-state index contributed by atoms with van der Waals surface area (Å²) in [4.78, 5) is 24.6. The van der Waals surface area contributed by atoms with Gasteiger partial charge in [-0.2, -0.15) is 0 Å². The number of ether oxygens (including phenoxy) is 1. The first-order valence-electron chi connectivity index (χ1n) is 10.2. The van der Waals surface area contributed by atoms with Crippen molar-refractivity contribution in [3.63, 3.8) is 0 Å². The van der Waals surface area contributed by atoms with Gasteiger partial charge >= 0.3 is 5.63 Å². The first-order valence-corrected chi connectivity index (χ1v) is 10.2. The Morgan fingerprint density at radius 3 is 2.41 bits per heavy atom. The van der Waals surface area contributed by atoms with Crippen molar-refractivity contribution < 1.29 is 13.9 Å². The molecule has 3 rings (SSSR count). The number of hydrogen-bond acceptors (Lipinski definition) is 5. The van der Waals surface area contributed by atoms with Crippen LogP contribution in [0.5, 0.6) is 5.75 Å². The lowest BCUT2D eigenvalue weighted by Crippen LogP contribution is -2.62. The standard InChI is InChI=1S/C23H32N2O4/c1-13-8-17(20-14(2)10-19(26)29-18(20)9-13)28-15(3)21(27)24-16-11-22(4,5)25-23(6,7)12-16/h8-10,15-16,25H,11-12H2,1-7H3,(H,24,27)/t15-/m0/s1. The predicted molar refractivity (Wildman–Crippen MR) is 115 cm³/mol. The average Bonchev–Trinajstić information content (AvgIpc) is 2.50. The van der Waals surface area contributed by atoms with E-state index in [2.05, 4.69) is 38.3 Å². The number of rotatable bonds is 4. The maximum absolute atomic E-state index is 12.9. The second kappa shape index (κ2) is 7.48. The summed E-state index contributed by atoms with van der Waals surface area (Å²) in [6.45, 7) is 14.1. The molecule has 158 valence electrons. The van der Waals surface area contributed by atoms with Crippen LogP contribution in [0.3, 0.4) is 0 Å². The van der Waals surface area contributed by atoms with Gasteiger partial charge in [0, 0.05) is 23.2 Å². The highest BCUT2D eigenvalue weighted by Crippen LogP contribution is 2.31. The fourth-order valence-electron chi connectivity index (χ4n) is 4.66. The molecule has 2 heterocycles. The second-order valence-electron chi connectivity index (χ2n) is 9.65. The van der Waals surface area contributed by atoms with Gasteiger partial charge in [0.25, 0.3) is 5.91 Å². The van der Waals surface area contributed by atoms with Gasteiger partial charge < -0.3 is 19.8 Å². The molecule has 1 saturated heterocycles. The monoisotopic (exact) mass is 400 g/mol. The van der Waals surface area contributed by atoms with Gasteiger partial charge in [0.1, 0.15) is 11.3 Å². The largest absolute Gasteiger partial charge is 0.480 e. The summed E-state index contributed by atoms with van der Waals surface area (Å²) in [6.07, 6.45) is 1.03. The number of aryl methyl sites for hydroxylation is 2. The summed E-state index contributed by atoms with van der Waals surface area (Å²) in [5.41, 5.74) is 1.64. The van der Waals surface area contributed by atoms with Gasteiger partial charge in [-0.15, -0.1) is 0 Å². The lowest BCUT2D eigenvalue weighted by molar-refractivity contribution is -0.128. The smallest absolute Gasteiger partial charge is 0.336 e. The first kappa shape index (κ1) is 21.4. The van der Waals surface area contributed by atoms with E-state index < -0.39 is 11.7 Å². The molecule has 0 aliphatic carbocycles. The van der Waals surface area contributed by atoms with E-state index in [0.29, 0.717) is 11.3 Å². The lowest BCUT2D eigenvalue weighted by Gasteiger charge is -2.46. The van der Waals surface area contributed by atoms with Crippen molar-refractivity contribution in [2.75, 3.05) is 0 Å². The summed E-state index contributed by atoms with van der Waals surface area (Å²) in [5, 5.41) is 7.50. The van der Waals surface area contributed by atoms with E-state index in [4.69, 9.17) is 9.15 Å². The molecule has 0 saturated carbocycles. The first-order chi connectivity index (χ1) is 13.3. The lowest BCUT2D eigenvalue weighted by atomic mass is 9.79. The molecule has 0 spiro atoms. The molecule has 6 nitrogen and oxygen atoms in total. The van der Waals surface area contributed by atoms with Crippen molar-refractivity contribution in [3.8, 4) is 5.75 Å². The van der Waals surface area contributed by atoms with Crippen LogP contribution in [0.4, 0.5) is 0 Å². The highest BCUT2D eigenvalue weighted by Gasteiger charge is 2.38. The molecule has 29 heavy (non-hydrogen) atoms. The van der Waals surface area contributed by atoms with E-state index in [1.54, 1.807) is 13.0 Å². The maximum Gasteiger partial charge on any atom is 0.336 e. The number of piperidine rings is 1. The zero-order valence-corrected chi connectivity index (χ0v) is 18.4. The Balaban J connectivity index is 1.79. The van der Waals surface area contributed by atoms with Crippen LogP contribution < -0.4 is 21.0 Å². The molecule has 0 bridgehead atoms. The third kappa shape index (κ3) is 4.99. The van der Waals surface area contributed by atoms with Crippen LogP contribution in [-0.2, 0) is 4.79 Å². The SMILES string of the molecule is Cc1cc(O[C@@H](C)C(=O)NC2CC(C)(C)NC(C)(C)C2)c2c(C)cc(=O)oc2c1. The van der Waals surface area contributed by atoms with Crippen LogP contribution in [0.2, 0.25) is 0 Å². The number of amides is 1. The summed E-state index contributed by atoms with van der Waals surface area (Å²) in [7, 11) is 0. The van der Waals surface area contributed by atoms with Crippen molar-refractivity contribution in [1.82, 2.24) is 10.6 Å². The highest BCUT2D eigenvalue weighted by atomic mass is 16.5. The third-order valence-corrected chi connectivity index (χ3v) is 5.36. The van der Waals surface area contributed by atoms with Gasteiger partial charge in [0.2, 0.25) is 0 Å². The van der Waals surface area contributed by atoms with Crippen molar-refractivity contribution in [3.05, 3.63) is 39.7 Å². The van der Waals surface area contributed by atoms with E-state index >= 15 is 0 Å². The van der Waals surface area contributed by atoms with E-state index in [1.165, 1.54) is 6.07 Å². The Labute approximate surface area is 172 Å². The molecule has 1 aromatic heterocycles. The molecule has 2 aromatic rings. The van der Waals surface area contributed by atoms with Crippen molar-refractivity contribution in [1.29, 1.82) is 0 Å². The molecule has 0 unspecified atom stereocenters. The minimum absolute atomic E-state index is 0.0504. The Kier molecular flexibility index (Phi) is 5.52. The molecular formula is C23H32N2O4. The van der Waals surface area contributed by atoms with Crippen LogP contribution in [-0.4, -0.2) is 29.1 Å². The Morgan fingerprint density at radius 1 is 1.17 bits per heavy atom. The quantitative estimate of drug-likeness (QED) is 0.767. The Bertz CT molecular complexity index is 974. The maximum atomic E-state index is 12.9. The van der Waals surface area contributed by atoms with E-state index in [-0.39, 0.29) is 23.0 Å². The Hall–Kier alpha value is -2.34. The second-order valence-corrected chi connectivity index (χ2v) is 9.65. The molecule has 0 radical (unpaired) electrons. The summed E-state index contributed by atoms with van der Waals surface area (Å²) in [6, 6.07) is 5.19. The van der Waals surface area contributed by atoms with Gasteiger partial charge in [-0.25, -0.2) is 4.79 Å². The molecule has 1 atom stereocenters. The predicted octanol–water partition coefficient (Wildman–Crippen LogP) is 3.60.